The molecular formula is C17H19N3O3. The number of likely N-dealkylation sites (tertiary alicyclic amines) is 1. The van der Waals surface area contributed by atoms with Gasteiger partial charge in [0.1, 0.15) is 0 Å². The fourth-order valence-corrected chi connectivity index (χ4v) is 3.04. The van der Waals surface area contributed by atoms with Gasteiger partial charge in [-0.2, -0.15) is 0 Å². The Morgan fingerprint density at radius 3 is 3.09 bits per heavy atom. The molecule has 1 amide bonds. The summed E-state index contributed by atoms with van der Waals surface area (Å²) in [5.41, 5.74) is 1.96. The zero-order valence-corrected chi connectivity index (χ0v) is 13.0. The molecule has 0 aliphatic carbocycles. The maximum absolute atomic E-state index is 12.8. The van der Waals surface area contributed by atoms with Gasteiger partial charge in [-0.05, 0) is 36.6 Å². The van der Waals surface area contributed by atoms with Crippen molar-refractivity contribution in [3.05, 3.63) is 63.8 Å². The molecule has 2 heterocycles. The molecule has 0 spiro atoms. The van der Waals surface area contributed by atoms with Crippen LogP contribution in [0.1, 0.15) is 40.5 Å². The van der Waals surface area contributed by atoms with Crippen molar-refractivity contribution in [3.8, 4) is 0 Å². The largest absolute Gasteiger partial charge is 0.380 e. The van der Waals surface area contributed by atoms with Crippen molar-refractivity contribution in [2.24, 2.45) is 0 Å². The zero-order valence-electron chi connectivity index (χ0n) is 13.0. The summed E-state index contributed by atoms with van der Waals surface area (Å²) in [6.45, 7) is 1.16. The van der Waals surface area contributed by atoms with Gasteiger partial charge in [0.2, 0.25) is 0 Å². The summed E-state index contributed by atoms with van der Waals surface area (Å²) in [4.78, 5) is 32.5. The van der Waals surface area contributed by atoms with Crippen LogP contribution in [-0.4, -0.2) is 34.4 Å². The van der Waals surface area contributed by atoms with Crippen LogP contribution in [0.5, 0.6) is 0 Å². The predicted molar refractivity (Wildman–Crippen MR) is 85.0 cm³/mol. The molecule has 1 aliphatic rings. The van der Waals surface area contributed by atoms with Crippen LogP contribution in [0.2, 0.25) is 0 Å². The Morgan fingerprint density at radius 2 is 2.30 bits per heavy atom. The van der Waals surface area contributed by atoms with E-state index in [0.717, 1.165) is 24.1 Å². The Morgan fingerprint density at radius 1 is 1.43 bits per heavy atom. The van der Waals surface area contributed by atoms with Crippen LogP contribution >= 0.6 is 0 Å². The second-order valence-electron chi connectivity index (χ2n) is 5.62. The Bertz CT molecular complexity index is 756. The summed E-state index contributed by atoms with van der Waals surface area (Å²) in [6.07, 6.45) is 3.23. The number of aromatic amines is 1. The van der Waals surface area contributed by atoms with Crippen LogP contribution in [0.4, 0.5) is 0 Å². The molecule has 1 unspecified atom stereocenters. The first kappa shape index (κ1) is 15.4. The highest BCUT2D eigenvalue weighted by Crippen LogP contribution is 2.31. The first-order valence-electron chi connectivity index (χ1n) is 7.63. The van der Waals surface area contributed by atoms with Gasteiger partial charge in [-0.15, -0.1) is 0 Å². The van der Waals surface area contributed by atoms with Crippen LogP contribution < -0.4 is 5.69 Å². The molecule has 23 heavy (non-hydrogen) atoms. The number of carbonyl (C=O) groups is 1. The summed E-state index contributed by atoms with van der Waals surface area (Å²) >= 11 is 0. The summed E-state index contributed by atoms with van der Waals surface area (Å²) < 4.78 is 5.12. The Labute approximate surface area is 134 Å². The van der Waals surface area contributed by atoms with Gasteiger partial charge in [0.05, 0.1) is 12.6 Å². The number of ether oxygens (including phenoxy) is 1. The number of carbonyl (C=O) groups excluding carboxylic acids is 1. The molecule has 1 N–H and O–H groups in total. The molecule has 2 aromatic rings. The first-order valence-corrected chi connectivity index (χ1v) is 7.63. The molecular weight excluding hydrogens is 294 g/mol. The van der Waals surface area contributed by atoms with Crippen LogP contribution in [0, 0.1) is 0 Å². The van der Waals surface area contributed by atoms with Crippen molar-refractivity contribution in [3.63, 3.8) is 0 Å². The van der Waals surface area contributed by atoms with Crippen molar-refractivity contribution in [1.29, 1.82) is 0 Å². The van der Waals surface area contributed by atoms with Crippen molar-refractivity contribution >= 4 is 5.91 Å². The maximum Gasteiger partial charge on any atom is 0.345 e. The number of hydrogen-bond acceptors (Lipinski definition) is 4. The molecule has 1 atom stereocenters. The second kappa shape index (κ2) is 6.75. The number of aromatic nitrogens is 2. The van der Waals surface area contributed by atoms with E-state index in [0.29, 0.717) is 18.7 Å². The van der Waals surface area contributed by atoms with E-state index in [1.54, 1.807) is 13.2 Å². The molecule has 1 fully saturated rings. The lowest BCUT2D eigenvalue weighted by Gasteiger charge is -2.24. The van der Waals surface area contributed by atoms with Gasteiger partial charge in [0.25, 0.3) is 5.91 Å². The molecule has 6 nitrogen and oxygen atoms in total. The molecule has 3 rings (SSSR count). The normalized spacial score (nSPS) is 17.4. The monoisotopic (exact) mass is 313 g/mol. The second-order valence-corrected chi connectivity index (χ2v) is 5.62. The summed E-state index contributed by atoms with van der Waals surface area (Å²) in [7, 11) is 1.63. The van der Waals surface area contributed by atoms with Gasteiger partial charge in [-0.25, -0.2) is 9.78 Å². The third-order valence-corrected chi connectivity index (χ3v) is 4.05. The van der Waals surface area contributed by atoms with Gasteiger partial charge >= 0.3 is 5.69 Å². The summed E-state index contributed by atoms with van der Waals surface area (Å²) in [5, 5.41) is 0. The van der Waals surface area contributed by atoms with Crippen LogP contribution in [0.25, 0.3) is 0 Å². The molecule has 1 aromatic carbocycles. The van der Waals surface area contributed by atoms with E-state index in [4.69, 9.17) is 4.74 Å². The predicted octanol–water partition coefficient (Wildman–Crippen LogP) is 1.89. The number of methoxy groups -OCH3 is 1. The number of nitrogens with one attached hydrogen (secondary N) is 1. The average Bonchev–Trinajstić information content (AvgIpc) is 3.04. The molecule has 0 saturated carbocycles. The van der Waals surface area contributed by atoms with Gasteiger partial charge in [-0.3, -0.25) is 4.79 Å². The third kappa shape index (κ3) is 3.32. The topological polar surface area (TPSA) is 75.3 Å². The van der Waals surface area contributed by atoms with Crippen molar-refractivity contribution < 1.29 is 9.53 Å². The quantitative estimate of drug-likeness (QED) is 0.935. The lowest BCUT2D eigenvalue weighted by atomic mass is 10.1. The minimum Gasteiger partial charge on any atom is -0.380 e. The molecule has 120 valence electrons. The van der Waals surface area contributed by atoms with Gasteiger partial charge in [0.15, 0.2) is 0 Å². The van der Waals surface area contributed by atoms with E-state index in [9.17, 15) is 9.59 Å². The van der Waals surface area contributed by atoms with Crippen molar-refractivity contribution in [2.75, 3.05) is 13.7 Å². The number of benzene rings is 1. The Kier molecular flexibility index (Phi) is 4.52. The SMILES string of the molecule is COCc1cccc(C(=O)N2CCCC2c2ccnc(=O)[nH]2)c1. The van der Waals surface area contributed by atoms with E-state index in [1.165, 1.54) is 6.20 Å². The number of rotatable bonds is 4. The van der Waals surface area contributed by atoms with E-state index >= 15 is 0 Å². The Balaban J connectivity index is 1.86. The molecule has 1 aliphatic heterocycles. The summed E-state index contributed by atoms with van der Waals surface area (Å²) in [6, 6.07) is 9.12. The molecule has 6 heteroatoms. The number of hydrogen-bond donors (Lipinski definition) is 1. The smallest absolute Gasteiger partial charge is 0.345 e. The minimum atomic E-state index is -0.385. The van der Waals surface area contributed by atoms with Gasteiger partial charge in [0, 0.05) is 31.1 Å². The van der Waals surface area contributed by atoms with Crippen molar-refractivity contribution in [1.82, 2.24) is 14.9 Å². The van der Waals surface area contributed by atoms with Gasteiger partial charge < -0.3 is 14.6 Å². The highest BCUT2D eigenvalue weighted by molar-refractivity contribution is 5.94. The molecule has 0 bridgehead atoms. The fourth-order valence-electron chi connectivity index (χ4n) is 3.04. The van der Waals surface area contributed by atoms with E-state index in [2.05, 4.69) is 9.97 Å². The fraction of sp³-hybridized carbons (Fsp3) is 0.353. The van der Waals surface area contributed by atoms with Crippen LogP contribution in [0.15, 0.2) is 41.3 Å². The molecule has 0 radical (unpaired) electrons. The highest BCUT2D eigenvalue weighted by atomic mass is 16.5. The van der Waals surface area contributed by atoms with Gasteiger partial charge in [-0.1, -0.05) is 12.1 Å². The van der Waals surface area contributed by atoms with Crippen LogP contribution in [-0.2, 0) is 11.3 Å². The minimum absolute atomic E-state index is 0.0249. The lowest BCUT2D eigenvalue weighted by molar-refractivity contribution is 0.0732. The number of nitrogens with zero attached hydrogens (tertiary/aromatic N) is 2. The molecule has 1 aromatic heterocycles. The standard InChI is InChI=1S/C17H19N3O3/c1-23-11-12-4-2-5-13(10-12)16(21)20-9-3-6-15(20)14-7-8-18-17(22)19-14/h2,4-5,7-8,10,15H,3,6,9,11H2,1H3,(H,18,19,22). The van der Waals surface area contributed by atoms with E-state index in [-0.39, 0.29) is 17.6 Å². The average molecular weight is 313 g/mol. The first-order chi connectivity index (χ1) is 11.2. The zero-order chi connectivity index (χ0) is 16.2. The summed E-state index contributed by atoms with van der Waals surface area (Å²) in [5.74, 6) is -0.0249. The van der Waals surface area contributed by atoms with Crippen LogP contribution in [0.3, 0.4) is 0 Å². The third-order valence-electron chi connectivity index (χ3n) is 4.05. The van der Waals surface area contributed by atoms with Crippen molar-refractivity contribution in [2.45, 2.75) is 25.5 Å². The lowest BCUT2D eigenvalue weighted by Crippen LogP contribution is -2.32. The number of H-pyrrole nitrogens is 1. The Hall–Kier alpha value is -2.47. The van der Waals surface area contributed by atoms with E-state index in [1.807, 2.05) is 29.2 Å². The molecule has 1 saturated heterocycles. The van der Waals surface area contributed by atoms with E-state index < -0.39 is 0 Å². The maximum atomic E-state index is 12.8. The number of amides is 1. The highest BCUT2D eigenvalue weighted by Gasteiger charge is 2.31.